The highest BCUT2D eigenvalue weighted by Crippen LogP contribution is 2.24. The number of hydrogen-bond acceptors (Lipinski definition) is 5. The van der Waals surface area contributed by atoms with Crippen LogP contribution < -0.4 is 20.1 Å². The molecule has 3 aromatic rings. The fraction of sp³-hybridized carbons (Fsp3) is 0.143. The van der Waals surface area contributed by atoms with Crippen LogP contribution in [0.25, 0.3) is 0 Å². The number of ether oxygens (including phenoxy) is 2. The molecule has 0 aliphatic carbocycles. The summed E-state index contributed by atoms with van der Waals surface area (Å²) >= 11 is 0. The van der Waals surface area contributed by atoms with Crippen molar-refractivity contribution in [3.8, 4) is 11.5 Å². The Bertz CT molecular complexity index is 893. The SMILES string of the molecule is CCOc1ccc(Nc2ccc(C(=O)Nc3ccccc3OC)cn2)cc1. The first kappa shape index (κ1) is 18.3. The monoisotopic (exact) mass is 363 g/mol. The second kappa shape index (κ2) is 8.71. The molecule has 0 bridgehead atoms. The number of methoxy groups -OCH3 is 1. The van der Waals surface area contributed by atoms with Gasteiger partial charge in [-0.1, -0.05) is 12.1 Å². The number of para-hydroxylation sites is 2. The molecule has 138 valence electrons. The summed E-state index contributed by atoms with van der Waals surface area (Å²) in [5.74, 6) is 1.82. The van der Waals surface area contributed by atoms with Crippen molar-refractivity contribution in [2.24, 2.45) is 0 Å². The topological polar surface area (TPSA) is 72.5 Å². The van der Waals surface area contributed by atoms with Crippen molar-refractivity contribution in [1.82, 2.24) is 4.98 Å². The molecule has 1 aromatic heterocycles. The van der Waals surface area contributed by atoms with Crippen molar-refractivity contribution in [3.63, 3.8) is 0 Å². The lowest BCUT2D eigenvalue weighted by atomic mass is 10.2. The third-order valence-electron chi connectivity index (χ3n) is 3.82. The second-order valence-corrected chi connectivity index (χ2v) is 5.67. The molecule has 0 fully saturated rings. The number of pyridine rings is 1. The van der Waals surface area contributed by atoms with Gasteiger partial charge in [0.25, 0.3) is 5.91 Å². The smallest absolute Gasteiger partial charge is 0.257 e. The first-order chi connectivity index (χ1) is 13.2. The van der Waals surface area contributed by atoms with E-state index in [-0.39, 0.29) is 5.91 Å². The van der Waals surface area contributed by atoms with Crippen molar-refractivity contribution >= 4 is 23.1 Å². The summed E-state index contributed by atoms with van der Waals surface area (Å²) in [5.41, 5.74) is 1.96. The van der Waals surface area contributed by atoms with Gasteiger partial charge in [0, 0.05) is 11.9 Å². The van der Waals surface area contributed by atoms with Gasteiger partial charge in [-0.2, -0.15) is 0 Å². The van der Waals surface area contributed by atoms with Gasteiger partial charge in [-0.25, -0.2) is 4.98 Å². The van der Waals surface area contributed by atoms with Gasteiger partial charge in [-0.05, 0) is 55.5 Å². The van der Waals surface area contributed by atoms with E-state index in [2.05, 4.69) is 15.6 Å². The predicted octanol–water partition coefficient (Wildman–Crippen LogP) is 4.48. The number of nitrogens with one attached hydrogen (secondary N) is 2. The number of anilines is 3. The summed E-state index contributed by atoms with van der Waals surface area (Å²) in [6.07, 6.45) is 1.53. The van der Waals surface area contributed by atoms with E-state index in [4.69, 9.17) is 9.47 Å². The first-order valence-electron chi connectivity index (χ1n) is 8.60. The molecule has 1 heterocycles. The number of amides is 1. The van der Waals surface area contributed by atoms with Crippen LogP contribution in [0, 0.1) is 0 Å². The summed E-state index contributed by atoms with van der Waals surface area (Å²) in [7, 11) is 1.56. The number of carbonyl (C=O) groups excluding carboxylic acids is 1. The number of aromatic nitrogens is 1. The molecular weight excluding hydrogens is 342 g/mol. The Morgan fingerprint density at radius 1 is 1.04 bits per heavy atom. The van der Waals surface area contributed by atoms with E-state index in [0.717, 1.165) is 11.4 Å². The molecule has 0 aliphatic heterocycles. The zero-order chi connectivity index (χ0) is 19.1. The maximum atomic E-state index is 12.4. The molecule has 1 amide bonds. The lowest BCUT2D eigenvalue weighted by Gasteiger charge is -2.10. The van der Waals surface area contributed by atoms with Crippen molar-refractivity contribution in [3.05, 3.63) is 72.4 Å². The van der Waals surface area contributed by atoms with Crippen molar-refractivity contribution in [2.45, 2.75) is 6.92 Å². The predicted molar refractivity (Wildman–Crippen MR) is 106 cm³/mol. The average Bonchev–Trinajstić information content (AvgIpc) is 2.70. The number of benzene rings is 2. The summed E-state index contributed by atoms with van der Waals surface area (Å²) < 4.78 is 10.7. The highest BCUT2D eigenvalue weighted by Gasteiger charge is 2.10. The Morgan fingerprint density at radius 3 is 2.48 bits per heavy atom. The largest absolute Gasteiger partial charge is 0.495 e. The Hall–Kier alpha value is -3.54. The van der Waals surface area contributed by atoms with Gasteiger partial charge >= 0.3 is 0 Å². The third-order valence-corrected chi connectivity index (χ3v) is 3.82. The maximum absolute atomic E-state index is 12.4. The molecule has 0 radical (unpaired) electrons. The van der Waals surface area contributed by atoms with Crippen molar-refractivity contribution < 1.29 is 14.3 Å². The third kappa shape index (κ3) is 4.76. The molecule has 6 nitrogen and oxygen atoms in total. The number of rotatable bonds is 7. The van der Waals surface area contributed by atoms with E-state index in [0.29, 0.717) is 29.4 Å². The fourth-order valence-electron chi connectivity index (χ4n) is 2.49. The standard InChI is InChI=1S/C21H21N3O3/c1-3-27-17-11-9-16(10-12-17)23-20-13-8-15(14-22-20)21(25)24-18-6-4-5-7-19(18)26-2/h4-14H,3H2,1-2H3,(H,22,23)(H,24,25). The van der Waals surface area contributed by atoms with Crippen LogP contribution in [-0.4, -0.2) is 24.6 Å². The minimum Gasteiger partial charge on any atom is -0.495 e. The second-order valence-electron chi connectivity index (χ2n) is 5.67. The van der Waals surface area contributed by atoms with Gasteiger partial charge in [0.2, 0.25) is 0 Å². The quantitative estimate of drug-likeness (QED) is 0.647. The van der Waals surface area contributed by atoms with E-state index in [9.17, 15) is 4.79 Å². The first-order valence-corrected chi connectivity index (χ1v) is 8.60. The molecule has 3 rings (SSSR count). The summed E-state index contributed by atoms with van der Waals surface area (Å²) in [6, 6.07) is 18.3. The normalized spacial score (nSPS) is 10.1. The highest BCUT2D eigenvalue weighted by atomic mass is 16.5. The van der Waals surface area contributed by atoms with Gasteiger partial charge in [0.05, 0.1) is 25.0 Å². The van der Waals surface area contributed by atoms with E-state index in [1.807, 2.05) is 43.3 Å². The number of nitrogens with zero attached hydrogens (tertiary/aromatic N) is 1. The van der Waals surface area contributed by atoms with Gasteiger partial charge in [-0.3, -0.25) is 4.79 Å². The molecule has 0 atom stereocenters. The zero-order valence-electron chi connectivity index (χ0n) is 15.2. The minimum absolute atomic E-state index is 0.250. The van der Waals surface area contributed by atoms with Crippen LogP contribution in [0.15, 0.2) is 66.9 Å². The molecule has 2 aromatic carbocycles. The molecule has 0 saturated carbocycles. The molecular formula is C21H21N3O3. The van der Waals surface area contributed by atoms with Crippen LogP contribution in [0.4, 0.5) is 17.2 Å². The summed E-state index contributed by atoms with van der Waals surface area (Å²) in [5, 5.41) is 6.02. The van der Waals surface area contributed by atoms with Crippen molar-refractivity contribution in [1.29, 1.82) is 0 Å². The van der Waals surface area contributed by atoms with Gasteiger partial charge < -0.3 is 20.1 Å². The van der Waals surface area contributed by atoms with Crippen LogP contribution in [-0.2, 0) is 0 Å². The van der Waals surface area contributed by atoms with E-state index in [1.54, 1.807) is 31.4 Å². The molecule has 0 aliphatic rings. The van der Waals surface area contributed by atoms with Crippen LogP contribution in [0.2, 0.25) is 0 Å². The number of carbonyl (C=O) groups is 1. The lowest BCUT2D eigenvalue weighted by Crippen LogP contribution is -2.13. The Labute approximate surface area is 158 Å². The average molecular weight is 363 g/mol. The fourth-order valence-corrected chi connectivity index (χ4v) is 2.49. The molecule has 2 N–H and O–H groups in total. The van der Waals surface area contributed by atoms with Gasteiger partial charge in [-0.15, -0.1) is 0 Å². The van der Waals surface area contributed by atoms with Crippen LogP contribution in [0.1, 0.15) is 17.3 Å². The Morgan fingerprint density at radius 2 is 1.81 bits per heavy atom. The zero-order valence-corrected chi connectivity index (χ0v) is 15.2. The van der Waals surface area contributed by atoms with Gasteiger partial charge in [0.1, 0.15) is 17.3 Å². The Kier molecular flexibility index (Phi) is 5.89. The van der Waals surface area contributed by atoms with Crippen LogP contribution >= 0.6 is 0 Å². The molecule has 27 heavy (non-hydrogen) atoms. The Balaban J connectivity index is 1.65. The lowest BCUT2D eigenvalue weighted by molar-refractivity contribution is 0.102. The summed E-state index contributed by atoms with van der Waals surface area (Å²) in [4.78, 5) is 16.7. The van der Waals surface area contributed by atoms with Crippen LogP contribution in [0.5, 0.6) is 11.5 Å². The molecule has 0 saturated heterocycles. The molecule has 0 unspecified atom stereocenters. The van der Waals surface area contributed by atoms with E-state index in [1.165, 1.54) is 6.20 Å². The molecule has 0 spiro atoms. The maximum Gasteiger partial charge on any atom is 0.257 e. The minimum atomic E-state index is -0.250. The van der Waals surface area contributed by atoms with E-state index < -0.39 is 0 Å². The van der Waals surface area contributed by atoms with Crippen LogP contribution in [0.3, 0.4) is 0 Å². The van der Waals surface area contributed by atoms with Crippen molar-refractivity contribution in [2.75, 3.05) is 24.4 Å². The van der Waals surface area contributed by atoms with Gasteiger partial charge in [0.15, 0.2) is 0 Å². The van der Waals surface area contributed by atoms with E-state index >= 15 is 0 Å². The number of hydrogen-bond donors (Lipinski definition) is 2. The highest BCUT2D eigenvalue weighted by molar-refractivity contribution is 6.04. The summed E-state index contributed by atoms with van der Waals surface area (Å²) in [6.45, 7) is 2.58. The molecule has 6 heteroatoms.